The van der Waals surface area contributed by atoms with Crippen LogP contribution in [0.3, 0.4) is 0 Å². The van der Waals surface area contributed by atoms with Gasteiger partial charge in [0.25, 0.3) is 0 Å². The van der Waals surface area contributed by atoms with E-state index >= 15 is 0 Å². The second kappa shape index (κ2) is 8.01. The third-order valence-corrected chi connectivity index (χ3v) is 2.76. The SMILES string of the molecule is CCOCC(=O)N[C@@H](Cc1ccc(C(=O)O)cc1)C(N)=O. The molecule has 0 aromatic heterocycles. The van der Waals surface area contributed by atoms with E-state index in [9.17, 15) is 14.4 Å². The molecule has 0 fully saturated rings. The van der Waals surface area contributed by atoms with Crippen LogP contribution in [0.1, 0.15) is 22.8 Å². The van der Waals surface area contributed by atoms with Crippen molar-refractivity contribution >= 4 is 17.8 Å². The first-order valence-corrected chi connectivity index (χ1v) is 6.42. The third-order valence-electron chi connectivity index (χ3n) is 2.76. The Bertz CT molecular complexity index is 513. The topological polar surface area (TPSA) is 119 Å². The van der Waals surface area contributed by atoms with Gasteiger partial charge >= 0.3 is 5.97 Å². The van der Waals surface area contributed by atoms with Crippen molar-refractivity contribution < 1.29 is 24.2 Å². The average molecular weight is 294 g/mol. The minimum Gasteiger partial charge on any atom is -0.478 e. The normalized spacial score (nSPS) is 11.7. The number of nitrogens with two attached hydrogens (primary N) is 1. The Balaban J connectivity index is 2.67. The van der Waals surface area contributed by atoms with Crippen molar-refractivity contribution in [2.24, 2.45) is 5.73 Å². The summed E-state index contributed by atoms with van der Waals surface area (Å²) in [5, 5.41) is 11.3. The molecule has 0 aliphatic carbocycles. The van der Waals surface area contributed by atoms with Crippen LogP contribution < -0.4 is 11.1 Å². The fourth-order valence-electron chi connectivity index (χ4n) is 1.67. The lowest BCUT2D eigenvalue weighted by atomic mass is 10.0. The van der Waals surface area contributed by atoms with Gasteiger partial charge in [-0.25, -0.2) is 4.79 Å². The highest BCUT2D eigenvalue weighted by molar-refractivity contribution is 5.88. The van der Waals surface area contributed by atoms with Crippen molar-refractivity contribution in [2.75, 3.05) is 13.2 Å². The van der Waals surface area contributed by atoms with Crippen LogP contribution in [0.15, 0.2) is 24.3 Å². The lowest BCUT2D eigenvalue weighted by molar-refractivity contribution is -0.130. The van der Waals surface area contributed by atoms with Crippen molar-refractivity contribution in [3.63, 3.8) is 0 Å². The zero-order valence-electron chi connectivity index (χ0n) is 11.7. The number of carboxylic acids is 1. The number of rotatable bonds is 8. The number of hydrogen-bond donors (Lipinski definition) is 3. The molecule has 114 valence electrons. The summed E-state index contributed by atoms with van der Waals surface area (Å²) in [4.78, 5) is 33.6. The largest absolute Gasteiger partial charge is 0.478 e. The Hall–Kier alpha value is -2.41. The predicted octanol–water partition coefficient (Wildman–Crippen LogP) is -0.0661. The molecule has 0 spiro atoms. The number of carbonyl (C=O) groups excluding carboxylic acids is 2. The van der Waals surface area contributed by atoms with Crippen molar-refractivity contribution in [2.45, 2.75) is 19.4 Å². The fourth-order valence-corrected chi connectivity index (χ4v) is 1.67. The maximum Gasteiger partial charge on any atom is 0.335 e. The highest BCUT2D eigenvalue weighted by Crippen LogP contribution is 2.07. The van der Waals surface area contributed by atoms with Crippen molar-refractivity contribution in [3.05, 3.63) is 35.4 Å². The minimum atomic E-state index is -1.03. The Labute approximate surface area is 122 Å². The highest BCUT2D eigenvalue weighted by Gasteiger charge is 2.18. The molecular formula is C14H18N2O5. The summed E-state index contributed by atoms with van der Waals surface area (Å²) in [7, 11) is 0. The molecule has 21 heavy (non-hydrogen) atoms. The zero-order valence-corrected chi connectivity index (χ0v) is 11.7. The third kappa shape index (κ3) is 5.62. The molecule has 0 saturated carbocycles. The van der Waals surface area contributed by atoms with Gasteiger partial charge in [-0.3, -0.25) is 9.59 Å². The van der Waals surface area contributed by atoms with Crippen LogP contribution in [0.2, 0.25) is 0 Å². The number of hydrogen-bond acceptors (Lipinski definition) is 4. The van der Waals surface area contributed by atoms with Gasteiger partial charge in [0.05, 0.1) is 5.56 Å². The number of ether oxygens (including phenoxy) is 1. The number of primary amides is 1. The number of nitrogens with one attached hydrogen (secondary N) is 1. The van der Waals surface area contributed by atoms with Crippen LogP contribution in [-0.4, -0.2) is 42.1 Å². The first kappa shape index (κ1) is 16.6. The van der Waals surface area contributed by atoms with Crippen LogP contribution >= 0.6 is 0 Å². The van der Waals surface area contributed by atoms with Gasteiger partial charge in [0.15, 0.2) is 0 Å². The van der Waals surface area contributed by atoms with Gasteiger partial charge in [-0.1, -0.05) is 12.1 Å². The van der Waals surface area contributed by atoms with Gasteiger partial charge in [-0.05, 0) is 24.6 Å². The summed E-state index contributed by atoms with van der Waals surface area (Å²) in [5.74, 6) is -2.12. The molecular weight excluding hydrogens is 276 g/mol. The average Bonchev–Trinajstić information content (AvgIpc) is 2.44. The summed E-state index contributed by atoms with van der Waals surface area (Å²) >= 11 is 0. The van der Waals surface area contributed by atoms with E-state index < -0.39 is 23.8 Å². The Kier molecular flexibility index (Phi) is 6.35. The number of benzene rings is 1. The molecule has 0 aliphatic rings. The van der Waals surface area contributed by atoms with E-state index in [2.05, 4.69) is 5.32 Å². The second-order valence-electron chi connectivity index (χ2n) is 4.37. The molecule has 0 aliphatic heterocycles. The molecule has 1 aromatic carbocycles. The van der Waals surface area contributed by atoms with E-state index in [1.54, 1.807) is 19.1 Å². The molecule has 2 amide bonds. The van der Waals surface area contributed by atoms with Crippen molar-refractivity contribution in [3.8, 4) is 0 Å². The van der Waals surface area contributed by atoms with Crippen LogP contribution in [0.4, 0.5) is 0 Å². The van der Waals surface area contributed by atoms with E-state index in [0.29, 0.717) is 12.2 Å². The maximum atomic E-state index is 11.5. The molecule has 0 saturated heterocycles. The molecule has 1 atom stereocenters. The molecule has 1 rings (SSSR count). The molecule has 0 unspecified atom stereocenters. The summed E-state index contributed by atoms with van der Waals surface area (Å²) < 4.78 is 4.94. The first-order chi connectivity index (χ1) is 9.93. The van der Waals surface area contributed by atoms with E-state index in [0.717, 1.165) is 0 Å². The molecule has 7 nitrogen and oxygen atoms in total. The van der Waals surface area contributed by atoms with Crippen molar-refractivity contribution in [1.82, 2.24) is 5.32 Å². The van der Waals surface area contributed by atoms with Gasteiger partial charge in [0, 0.05) is 13.0 Å². The van der Waals surface area contributed by atoms with E-state index in [-0.39, 0.29) is 18.6 Å². The molecule has 7 heteroatoms. The van der Waals surface area contributed by atoms with Gasteiger partial charge in [0.1, 0.15) is 12.6 Å². The quantitative estimate of drug-likeness (QED) is 0.620. The molecule has 0 heterocycles. The minimum absolute atomic E-state index is 0.141. The van der Waals surface area contributed by atoms with Crippen LogP contribution in [0, 0.1) is 0 Å². The smallest absolute Gasteiger partial charge is 0.335 e. The van der Waals surface area contributed by atoms with Crippen LogP contribution in [0.5, 0.6) is 0 Å². The Morgan fingerprint density at radius 2 is 1.90 bits per heavy atom. The van der Waals surface area contributed by atoms with Gasteiger partial charge < -0.3 is 20.9 Å². The predicted molar refractivity (Wildman–Crippen MR) is 74.7 cm³/mol. The Morgan fingerprint density at radius 1 is 1.29 bits per heavy atom. The number of carbonyl (C=O) groups is 3. The lowest BCUT2D eigenvalue weighted by Crippen LogP contribution is -2.47. The zero-order chi connectivity index (χ0) is 15.8. The molecule has 0 bridgehead atoms. The van der Waals surface area contributed by atoms with E-state index in [1.165, 1.54) is 12.1 Å². The van der Waals surface area contributed by atoms with Crippen LogP contribution in [-0.2, 0) is 20.7 Å². The van der Waals surface area contributed by atoms with Gasteiger partial charge in [-0.2, -0.15) is 0 Å². The molecule has 0 radical (unpaired) electrons. The van der Waals surface area contributed by atoms with Crippen molar-refractivity contribution in [1.29, 1.82) is 0 Å². The monoisotopic (exact) mass is 294 g/mol. The lowest BCUT2D eigenvalue weighted by Gasteiger charge is -2.15. The summed E-state index contributed by atoms with van der Waals surface area (Å²) in [6.45, 7) is 2.01. The maximum absolute atomic E-state index is 11.5. The van der Waals surface area contributed by atoms with E-state index in [4.69, 9.17) is 15.6 Å². The Morgan fingerprint density at radius 3 is 2.38 bits per heavy atom. The van der Waals surface area contributed by atoms with Gasteiger partial charge in [0.2, 0.25) is 11.8 Å². The van der Waals surface area contributed by atoms with Gasteiger partial charge in [-0.15, -0.1) is 0 Å². The van der Waals surface area contributed by atoms with Crippen LogP contribution in [0.25, 0.3) is 0 Å². The second-order valence-corrected chi connectivity index (χ2v) is 4.37. The first-order valence-electron chi connectivity index (χ1n) is 6.42. The number of amides is 2. The standard InChI is InChI=1S/C14H18N2O5/c1-2-21-8-12(17)16-11(13(15)18)7-9-3-5-10(6-4-9)14(19)20/h3-6,11H,2,7-8H2,1H3,(H2,15,18)(H,16,17)(H,19,20)/t11-/m0/s1. The number of carboxylic acid groups (broad SMARTS) is 1. The number of aromatic carboxylic acids is 1. The summed E-state index contributed by atoms with van der Waals surface area (Å²) in [6, 6.07) is 5.14. The molecule has 4 N–H and O–H groups in total. The fraction of sp³-hybridized carbons (Fsp3) is 0.357. The summed E-state index contributed by atoms with van der Waals surface area (Å²) in [6.07, 6.45) is 0.188. The molecule has 1 aromatic rings. The summed E-state index contributed by atoms with van der Waals surface area (Å²) in [5.41, 5.74) is 6.09. The highest BCUT2D eigenvalue weighted by atomic mass is 16.5. The van der Waals surface area contributed by atoms with E-state index in [1.807, 2.05) is 0 Å².